The molecule has 0 aliphatic heterocycles. The average molecular weight is 473 g/mol. The summed E-state index contributed by atoms with van der Waals surface area (Å²) in [4.78, 5) is 36.9. The molecular weight excluding hydrogens is 448 g/mol. The van der Waals surface area contributed by atoms with Crippen molar-refractivity contribution >= 4 is 28.9 Å². The van der Waals surface area contributed by atoms with Crippen LogP contribution in [0.4, 0.5) is 17.2 Å². The third kappa shape index (κ3) is 5.12. The second-order valence-corrected chi connectivity index (χ2v) is 8.20. The summed E-state index contributed by atoms with van der Waals surface area (Å²) in [6, 6.07) is 13.3. The number of nitrogens with zero attached hydrogens (tertiary/aromatic N) is 3. The third-order valence-corrected chi connectivity index (χ3v) is 5.57. The van der Waals surface area contributed by atoms with E-state index in [1.165, 1.54) is 0 Å². The van der Waals surface area contributed by atoms with Gasteiger partial charge >= 0.3 is 0 Å². The lowest BCUT2D eigenvalue weighted by Gasteiger charge is -2.14. The molecule has 0 unspecified atom stereocenters. The Morgan fingerprint density at radius 3 is 2.86 bits per heavy atom. The number of carbonyl (C=O) groups is 2. The first-order chi connectivity index (χ1) is 17.1. The zero-order valence-electron chi connectivity index (χ0n) is 19.1. The molecule has 0 saturated heterocycles. The fraction of sp³-hybridized carbons (Fsp3) is 0.240. The van der Waals surface area contributed by atoms with Crippen molar-refractivity contribution in [2.45, 2.75) is 32.8 Å². The van der Waals surface area contributed by atoms with E-state index in [-0.39, 0.29) is 24.9 Å². The number of fused-ring (bicyclic) bond motifs is 1. The van der Waals surface area contributed by atoms with Gasteiger partial charge in [-0.3, -0.25) is 9.59 Å². The Morgan fingerprint density at radius 1 is 1.20 bits per heavy atom. The molecule has 4 aromatic rings. The number of amides is 1. The van der Waals surface area contributed by atoms with Gasteiger partial charge in [-0.2, -0.15) is 4.98 Å². The summed E-state index contributed by atoms with van der Waals surface area (Å²) in [6.45, 7) is 1.55. The predicted octanol–water partition coefficient (Wildman–Crippen LogP) is 4.19. The highest BCUT2D eigenvalue weighted by Crippen LogP contribution is 2.39. The minimum absolute atomic E-state index is 0.0400. The van der Waals surface area contributed by atoms with Crippen LogP contribution in [0.3, 0.4) is 0 Å². The number of nitrogens with one attached hydrogen (secondary N) is 3. The van der Waals surface area contributed by atoms with Crippen molar-refractivity contribution in [3.05, 3.63) is 71.6 Å². The standard InChI is InChI=1S/C25H24N6O4/c1-15-27-22(35-31-15)14-34-13-21(33)30-20-12-16(10-11-26-20)24-25(28-17-6-3-2-4-7-17)23-18(29-24)8-5-9-19(23)32/h2-4,6-7,10-12,28-29H,5,8-9,13-14H2,1H3,(H,26,30,33). The van der Waals surface area contributed by atoms with Gasteiger partial charge in [-0.1, -0.05) is 23.4 Å². The van der Waals surface area contributed by atoms with Gasteiger partial charge < -0.3 is 24.9 Å². The first-order valence-electron chi connectivity index (χ1n) is 11.3. The highest BCUT2D eigenvalue weighted by atomic mass is 16.5. The number of anilines is 3. The van der Waals surface area contributed by atoms with Gasteiger partial charge in [-0.05, 0) is 44.0 Å². The Morgan fingerprint density at radius 2 is 2.06 bits per heavy atom. The van der Waals surface area contributed by atoms with E-state index in [9.17, 15) is 9.59 Å². The van der Waals surface area contributed by atoms with Crippen molar-refractivity contribution in [2.75, 3.05) is 17.2 Å². The summed E-state index contributed by atoms with van der Waals surface area (Å²) in [7, 11) is 0. The molecule has 1 aliphatic carbocycles. The van der Waals surface area contributed by atoms with Crippen LogP contribution in [0.15, 0.2) is 53.2 Å². The maximum Gasteiger partial charge on any atom is 0.252 e. The Labute approximate surface area is 201 Å². The number of Topliss-reactive ketones (excluding diaryl/α,β-unsaturated/α-hetero) is 1. The van der Waals surface area contributed by atoms with Crippen molar-refractivity contribution in [2.24, 2.45) is 0 Å². The molecule has 1 aliphatic rings. The van der Waals surface area contributed by atoms with Crippen LogP contribution in [0.25, 0.3) is 11.3 Å². The van der Waals surface area contributed by atoms with E-state index < -0.39 is 0 Å². The van der Waals surface area contributed by atoms with Crippen molar-refractivity contribution < 1.29 is 18.8 Å². The predicted molar refractivity (Wildman–Crippen MR) is 128 cm³/mol. The van der Waals surface area contributed by atoms with Gasteiger partial charge in [-0.25, -0.2) is 4.98 Å². The number of rotatable bonds is 8. The molecule has 10 nitrogen and oxygen atoms in total. The fourth-order valence-corrected chi connectivity index (χ4v) is 4.07. The summed E-state index contributed by atoms with van der Waals surface area (Å²) in [5.41, 5.74) is 4.79. The van der Waals surface area contributed by atoms with Crippen molar-refractivity contribution in [1.29, 1.82) is 0 Å². The van der Waals surface area contributed by atoms with E-state index in [2.05, 4.69) is 30.7 Å². The van der Waals surface area contributed by atoms with Gasteiger partial charge in [0, 0.05) is 29.6 Å². The zero-order chi connectivity index (χ0) is 24.2. The van der Waals surface area contributed by atoms with E-state index in [0.29, 0.717) is 29.5 Å². The summed E-state index contributed by atoms with van der Waals surface area (Å²) < 4.78 is 10.3. The maximum absolute atomic E-state index is 12.8. The number of hydrogen-bond donors (Lipinski definition) is 3. The molecule has 1 aromatic carbocycles. The number of para-hydroxylation sites is 1. The van der Waals surface area contributed by atoms with Crippen LogP contribution in [-0.2, 0) is 22.6 Å². The average Bonchev–Trinajstić information content (AvgIpc) is 3.44. The normalized spacial score (nSPS) is 12.9. The Balaban J connectivity index is 1.35. The topological polar surface area (TPSA) is 135 Å². The summed E-state index contributed by atoms with van der Waals surface area (Å²) in [5.74, 6) is 0.925. The highest BCUT2D eigenvalue weighted by molar-refractivity contribution is 6.07. The number of aromatic amines is 1. The molecule has 0 spiro atoms. The van der Waals surface area contributed by atoms with Crippen molar-refractivity contribution in [3.63, 3.8) is 0 Å². The highest BCUT2D eigenvalue weighted by Gasteiger charge is 2.27. The molecule has 0 bridgehead atoms. The van der Waals surface area contributed by atoms with E-state index in [1.807, 2.05) is 36.4 Å². The second-order valence-electron chi connectivity index (χ2n) is 8.20. The molecule has 35 heavy (non-hydrogen) atoms. The molecule has 3 aromatic heterocycles. The van der Waals surface area contributed by atoms with Crippen LogP contribution in [-0.4, -0.2) is 38.4 Å². The van der Waals surface area contributed by atoms with E-state index in [4.69, 9.17) is 9.26 Å². The Hall–Kier alpha value is -4.31. The van der Waals surface area contributed by atoms with Gasteiger partial charge in [-0.15, -0.1) is 0 Å². The lowest BCUT2D eigenvalue weighted by molar-refractivity contribution is -0.121. The molecule has 0 fully saturated rings. The molecule has 3 heterocycles. The van der Waals surface area contributed by atoms with Gasteiger partial charge in [0.15, 0.2) is 11.6 Å². The number of aromatic nitrogens is 4. The van der Waals surface area contributed by atoms with Gasteiger partial charge in [0.05, 0.1) is 16.9 Å². The van der Waals surface area contributed by atoms with Crippen LogP contribution in [0, 0.1) is 6.92 Å². The molecule has 0 saturated carbocycles. The number of ether oxygens (including phenoxy) is 1. The number of pyridine rings is 1. The van der Waals surface area contributed by atoms with E-state index in [0.717, 1.165) is 41.2 Å². The van der Waals surface area contributed by atoms with E-state index in [1.54, 1.807) is 19.2 Å². The molecule has 1 amide bonds. The lowest BCUT2D eigenvalue weighted by Crippen LogP contribution is -2.19. The van der Waals surface area contributed by atoms with Crippen LogP contribution in [0.1, 0.15) is 40.6 Å². The molecule has 178 valence electrons. The smallest absolute Gasteiger partial charge is 0.252 e. The molecule has 0 radical (unpaired) electrons. The third-order valence-electron chi connectivity index (χ3n) is 5.57. The molecule has 0 atom stereocenters. The summed E-state index contributed by atoms with van der Waals surface area (Å²) in [6.07, 6.45) is 3.75. The van der Waals surface area contributed by atoms with Gasteiger partial charge in [0.1, 0.15) is 19.0 Å². The van der Waals surface area contributed by atoms with Crippen LogP contribution in [0.5, 0.6) is 0 Å². The first-order valence-corrected chi connectivity index (χ1v) is 11.3. The van der Waals surface area contributed by atoms with E-state index >= 15 is 0 Å². The van der Waals surface area contributed by atoms with Crippen LogP contribution < -0.4 is 10.6 Å². The van der Waals surface area contributed by atoms with Crippen molar-refractivity contribution in [3.8, 4) is 11.3 Å². The molecular formula is C25H24N6O4. The van der Waals surface area contributed by atoms with Crippen molar-refractivity contribution in [1.82, 2.24) is 20.1 Å². The first kappa shape index (κ1) is 22.5. The number of hydrogen-bond acceptors (Lipinski definition) is 8. The second kappa shape index (κ2) is 9.90. The Kier molecular flexibility index (Phi) is 6.36. The zero-order valence-corrected chi connectivity index (χ0v) is 19.1. The number of benzene rings is 1. The molecule has 5 rings (SSSR count). The summed E-state index contributed by atoms with van der Waals surface area (Å²) in [5, 5.41) is 9.83. The van der Waals surface area contributed by atoms with Crippen LogP contribution >= 0.6 is 0 Å². The number of H-pyrrole nitrogens is 1. The minimum Gasteiger partial charge on any atom is -0.362 e. The Bertz CT molecular complexity index is 1360. The number of carbonyl (C=O) groups excluding carboxylic acids is 2. The lowest BCUT2D eigenvalue weighted by atomic mass is 9.95. The largest absolute Gasteiger partial charge is 0.362 e. The maximum atomic E-state index is 12.8. The monoisotopic (exact) mass is 472 g/mol. The minimum atomic E-state index is -0.366. The molecule has 3 N–H and O–H groups in total. The number of ketones is 1. The van der Waals surface area contributed by atoms with Gasteiger partial charge in [0.2, 0.25) is 0 Å². The quantitative estimate of drug-likeness (QED) is 0.347. The molecule has 10 heteroatoms. The van der Waals surface area contributed by atoms with Gasteiger partial charge in [0.25, 0.3) is 11.8 Å². The summed E-state index contributed by atoms with van der Waals surface area (Å²) >= 11 is 0. The van der Waals surface area contributed by atoms with Crippen LogP contribution in [0.2, 0.25) is 0 Å². The SMILES string of the molecule is Cc1noc(COCC(=O)Nc2cc(-c3[nH]c4c(c3Nc3ccccc3)C(=O)CCC4)ccn2)n1. The number of aryl methyl sites for hydroxylation is 2. The fourth-order valence-electron chi connectivity index (χ4n) is 4.07.